The summed E-state index contributed by atoms with van der Waals surface area (Å²) in [7, 11) is 0. The molecule has 0 saturated heterocycles. The van der Waals surface area contributed by atoms with Crippen LogP contribution in [-0.2, 0) is 4.79 Å². The molecule has 1 atom stereocenters. The highest BCUT2D eigenvalue weighted by Crippen LogP contribution is 2.17. The molecule has 1 unspecified atom stereocenters. The molecule has 0 bridgehead atoms. The van der Waals surface area contributed by atoms with Crippen LogP contribution in [0.1, 0.15) is 32.6 Å². The molecule has 4 nitrogen and oxygen atoms in total. The minimum absolute atomic E-state index is 0.176. The number of hydrogen-bond acceptors (Lipinski definition) is 3. The Labute approximate surface area is 88.9 Å². The van der Waals surface area contributed by atoms with Crippen molar-refractivity contribution in [1.29, 1.82) is 5.26 Å². The largest absolute Gasteiger partial charge is 0.466 e. The second-order valence-corrected chi connectivity index (χ2v) is 4.30. The Bertz CT molecular complexity index is 368. The van der Waals surface area contributed by atoms with Crippen molar-refractivity contribution in [2.75, 3.05) is 0 Å². The Morgan fingerprint density at radius 3 is 2.67 bits per heavy atom. The Hall–Kier alpha value is -1.76. The molecule has 0 fully saturated rings. The van der Waals surface area contributed by atoms with Gasteiger partial charge in [0.1, 0.15) is 5.76 Å². The standard InChI is InChI=1S/C11H14N2O2/c1-11(2,3)10(14)13-8(7-12)9-5-4-6-15-9/h4-6,8H,1-3H3,(H,13,14). The van der Waals surface area contributed by atoms with Gasteiger partial charge in [0.15, 0.2) is 6.04 Å². The van der Waals surface area contributed by atoms with E-state index < -0.39 is 11.5 Å². The van der Waals surface area contributed by atoms with Crippen LogP contribution in [0.2, 0.25) is 0 Å². The zero-order valence-corrected chi connectivity index (χ0v) is 9.07. The predicted octanol–water partition coefficient (Wildman–Crippen LogP) is 2.01. The molecule has 1 heterocycles. The zero-order valence-electron chi connectivity index (χ0n) is 9.07. The van der Waals surface area contributed by atoms with E-state index in [9.17, 15) is 4.79 Å². The van der Waals surface area contributed by atoms with Crippen LogP contribution in [0.25, 0.3) is 0 Å². The molecular formula is C11H14N2O2. The van der Waals surface area contributed by atoms with E-state index in [1.165, 1.54) is 6.26 Å². The van der Waals surface area contributed by atoms with Crippen LogP contribution < -0.4 is 5.32 Å². The van der Waals surface area contributed by atoms with E-state index >= 15 is 0 Å². The lowest BCUT2D eigenvalue weighted by Gasteiger charge is -2.19. The fourth-order valence-electron chi connectivity index (χ4n) is 0.970. The van der Waals surface area contributed by atoms with Gasteiger partial charge in [-0.05, 0) is 12.1 Å². The molecule has 0 spiro atoms. The van der Waals surface area contributed by atoms with Gasteiger partial charge in [-0.2, -0.15) is 5.26 Å². The number of rotatable bonds is 2. The monoisotopic (exact) mass is 206 g/mol. The molecule has 0 aliphatic rings. The molecule has 0 aliphatic carbocycles. The molecule has 1 amide bonds. The van der Waals surface area contributed by atoms with Gasteiger partial charge in [0.2, 0.25) is 5.91 Å². The first-order chi connectivity index (χ1) is 6.95. The van der Waals surface area contributed by atoms with Gasteiger partial charge in [0.25, 0.3) is 0 Å². The summed E-state index contributed by atoms with van der Waals surface area (Å²) in [4.78, 5) is 11.6. The summed E-state index contributed by atoms with van der Waals surface area (Å²) in [6.45, 7) is 5.37. The van der Waals surface area contributed by atoms with Crippen molar-refractivity contribution in [3.8, 4) is 6.07 Å². The molecule has 1 aromatic heterocycles. The van der Waals surface area contributed by atoms with E-state index in [1.54, 1.807) is 32.9 Å². The fourth-order valence-corrected chi connectivity index (χ4v) is 0.970. The number of nitrogens with one attached hydrogen (secondary N) is 1. The number of carbonyl (C=O) groups excluding carboxylic acids is 1. The van der Waals surface area contributed by atoms with E-state index in [0.717, 1.165) is 0 Å². The molecule has 15 heavy (non-hydrogen) atoms. The number of nitrogens with zero attached hydrogens (tertiary/aromatic N) is 1. The zero-order chi connectivity index (χ0) is 11.5. The van der Waals surface area contributed by atoms with Crippen LogP contribution in [0.3, 0.4) is 0 Å². The topological polar surface area (TPSA) is 66.0 Å². The molecule has 4 heteroatoms. The van der Waals surface area contributed by atoms with E-state index in [2.05, 4.69) is 5.32 Å². The number of furan rings is 1. The predicted molar refractivity (Wildman–Crippen MR) is 54.7 cm³/mol. The lowest BCUT2D eigenvalue weighted by molar-refractivity contribution is -0.129. The van der Waals surface area contributed by atoms with Gasteiger partial charge in [0.05, 0.1) is 12.3 Å². The van der Waals surface area contributed by atoms with Gasteiger partial charge in [-0.15, -0.1) is 0 Å². The summed E-state index contributed by atoms with van der Waals surface area (Å²) < 4.78 is 5.06. The Balaban J connectivity index is 2.73. The Kier molecular flexibility index (Phi) is 3.15. The molecule has 1 aromatic rings. The van der Waals surface area contributed by atoms with Crippen molar-refractivity contribution in [3.05, 3.63) is 24.2 Å². The summed E-state index contributed by atoms with van der Waals surface area (Å²) in [6, 6.07) is 4.61. The molecule has 1 rings (SSSR count). The van der Waals surface area contributed by atoms with Gasteiger partial charge < -0.3 is 9.73 Å². The van der Waals surface area contributed by atoms with Gasteiger partial charge in [-0.3, -0.25) is 4.79 Å². The minimum Gasteiger partial charge on any atom is -0.466 e. The molecule has 0 radical (unpaired) electrons. The normalized spacial score (nSPS) is 12.9. The minimum atomic E-state index is -0.716. The van der Waals surface area contributed by atoms with Crippen LogP contribution in [-0.4, -0.2) is 5.91 Å². The van der Waals surface area contributed by atoms with Gasteiger partial charge in [-0.25, -0.2) is 0 Å². The number of amides is 1. The molecule has 0 aliphatic heterocycles. The first-order valence-corrected chi connectivity index (χ1v) is 4.69. The van der Waals surface area contributed by atoms with Crippen LogP contribution in [0, 0.1) is 16.7 Å². The van der Waals surface area contributed by atoms with E-state index in [1.807, 2.05) is 6.07 Å². The average molecular weight is 206 g/mol. The number of carbonyl (C=O) groups is 1. The van der Waals surface area contributed by atoms with Crippen LogP contribution >= 0.6 is 0 Å². The SMILES string of the molecule is CC(C)(C)C(=O)NC(C#N)c1ccco1. The van der Waals surface area contributed by atoms with Crippen molar-refractivity contribution >= 4 is 5.91 Å². The number of nitriles is 1. The molecule has 0 aromatic carbocycles. The number of hydrogen-bond donors (Lipinski definition) is 1. The van der Waals surface area contributed by atoms with Crippen LogP contribution in [0.4, 0.5) is 0 Å². The van der Waals surface area contributed by atoms with E-state index in [0.29, 0.717) is 5.76 Å². The van der Waals surface area contributed by atoms with Crippen molar-refractivity contribution in [3.63, 3.8) is 0 Å². The van der Waals surface area contributed by atoms with Crippen molar-refractivity contribution in [2.24, 2.45) is 5.41 Å². The molecular weight excluding hydrogens is 192 g/mol. The summed E-state index contributed by atoms with van der Waals surface area (Å²) in [5, 5.41) is 11.5. The second-order valence-electron chi connectivity index (χ2n) is 4.30. The van der Waals surface area contributed by atoms with Crippen molar-refractivity contribution in [1.82, 2.24) is 5.32 Å². The molecule has 0 saturated carbocycles. The van der Waals surface area contributed by atoms with E-state index in [-0.39, 0.29) is 5.91 Å². The highest BCUT2D eigenvalue weighted by atomic mass is 16.3. The average Bonchev–Trinajstić information content (AvgIpc) is 2.64. The molecule has 1 N–H and O–H groups in total. The first-order valence-electron chi connectivity index (χ1n) is 4.69. The third kappa shape index (κ3) is 2.84. The lowest BCUT2D eigenvalue weighted by atomic mass is 9.95. The van der Waals surface area contributed by atoms with Gasteiger partial charge >= 0.3 is 0 Å². The highest BCUT2D eigenvalue weighted by molar-refractivity contribution is 5.82. The summed E-state index contributed by atoms with van der Waals surface area (Å²) in [5.74, 6) is 0.278. The van der Waals surface area contributed by atoms with Gasteiger partial charge in [-0.1, -0.05) is 20.8 Å². The smallest absolute Gasteiger partial charge is 0.226 e. The van der Waals surface area contributed by atoms with Gasteiger partial charge in [0, 0.05) is 5.41 Å². The van der Waals surface area contributed by atoms with Crippen molar-refractivity contribution in [2.45, 2.75) is 26.8 Å². The lowest BCUT2D eigenvalue weighted by Crippen LogP contribution is -2.36. The van der Waals surface area contributed by atoms with Crippen LogP contribution in [0.5, 0.6) is 0 Å². The second kappa shape index (κ2) is 4.18. The quantitative estimate of drug-likeness (QED) is 0.804. The maximum atomic E-state index is 11.6. The van der Waals surface area contributed by atoms with E-state index in [4.69, 9.17) is 9.68 Å². The maximum Gasteiger partial charge on any atom is 0.226 e. The summed E-state index contributed by atoms with van der Waals surface area (Å²) in [6.07, 6.45) is 1.48. The Morgan fingerprint density at radius 2 is 2.27 bits per heavy atom. The fraction of sp³-hybridized carbons (Fsp3) is 0.455. The van der Waals surface area contributed by atoms with Crippen LogP contribution in [0.15, 0.2) is 22.8 Å². The highest BCUT2D eigenvalue weighted by Gasteiger charge is 2.25. The Morgan fingerprint density at radius 1 is 1.60 bits per heavy atom. The maximum absolute atomic E-state index is 11.6. The third-order valence-corrected chi connectivity index (χ3v) is 1.91. The summed E-state index contributed by atoms with van der Waals surface area (Å²) in [5.41, 5.74) is -0.512. The summed E-state index contributed by atoms with van der Waals surface area (Å²) >= 11 is 0. The van der Waals surface area contributed by atoms with Crippen molar-refractivity contribution < 1.29 is 9.21 Å². The third-order valence-electron chi connectivity index (χ3n) is 1.91. The first kappa shape index (κ1) is 11.3. The molecule has 80 valence electrons.